The van der Waals surface area contributed by atoms with Gasteiger partial charge in [0.25, 0.3) is 0 Å². The molecule has 1 aromatic carbocycles. The van der Waals surface area contributed by atoms with E-state index in [2.05, 4.69) is 19.0 Å². The van der Waals surface area contributed by atoms with Gasteiger partial charge in [-0.2, -0.15) is 0 Å². The predicted octanol–water partition coefficient (Wildman–Crippen LogP) is 2.30. The van der Waals surface area contributed by atoms with Crippen LogP contribution in [0.4, 0.5) is 0 Å². The van der Waals surface area contributed by atoms with Crippen molar-refractivity contribution >= 4 is 22.5 Å². The lowest BCUT2D eigenvalue weighted by atomic mass is 10.1. The van der Waals surface area contributed by atoms with E-state index < -0.39 is 0 Å². The first-order valence-electron chi connectivity index (χ1n) is 7.15. The molecule has 0 aliphatic rings. The zero-order valence-corrected chi connectivity index (χ0v) is 13.1. The molecule has 0 radical (unpaired) electrons. The van der Waals surface area contributed by atoms with Crippen LogP contribution in [0.15, 0.2) is 23.0 Å². The van der Waals surface area contributed by atoms with Crippen molar-refractivity contribution in [2.75, 3.05) is 13.6 Å². The lowest BCUT2D eigenvalue weighted by Crippen LogP contribution is -3.07. The number of fused-ring (bicyclic) bond motifs is 1. The van der Waals surface area contributed by atoms with Gasteiger partial charge in [0, 0.05) is 21.6 Å². The average Bonchev–Trinajstić information content (AvgIpc) is 2.42. The lowest BCUT2D eigenvalue weighted by Gasteiger charge is -2.15. The Labute approximate surface area is 124 Å². The fourth-order valence-electron chi connectivity index (χ4n) is 2.51. The standard InChI is InChI=1S/C16H21ClN2O/c1-4-5-8-19(3)10-14-11(2)18-15-7-6-12(17)9-13(15)16(14)20/h6-7,9H,4-5,8,10H2,1-3H3,(H,18,20)/p+1. The van der Waals surface area contributed by atoms with Crippen LogP contribution in [0.1, 0.15) is 31.0 Å². The highest BCUT2D eigenvalue weighted by atomic mass is 35.5. The molecular weight excluding hydrogens is 272 g/mol. The van der Waals surface area contributed by atoms with Crippen LogP contribution in [0.3, 0.4) is 0 Å². The van der Waals surface area contributed by atoms with Gasteiger partial charge in [-0.1, -0.05) is 24.9 Å². The van der Waals surface area contributed by atoms with Crippen molar-refractivity contribution in [1.29, 1.82) is 0 Å². The van der Waals surface area contributed by atoms with E-state index in [-0.39, 0.29) is 5.43 Å². The Morgan fingerprint density at radius 3 is 2.80 bits per heavy atom. The zero-order valence-electron chi connectivity index (χ0n) is 12.3. The first kappa shape index (κ1) is 15.1. The lowest BCUT2D eigenvalue weighted by molar-refractivity contribution is -0.894. The number of H-pyrrole nitrogens is 1. The Hall–Kier alpha value is -1.32. The van der Waals surface area contributed by atoms with Gasteiger partial charge in [0.1, 0.15) is 6.54 Å². The van der Waals surface area contributed by atoms with Crippen LogP contribution in [0.25, 0.3) is 10.9 Å². The molecule has 20 heavy (non-hydrogen) atoms. The Bertz CT molecular complexity index is 663. The number of pyridine rings is 1. The van der Waals surface area contributed by atoms with E-state index in [4.69, 9.17) is 11.6 Å². The molecule has 3 nitrogen and oxygen atoms in total. The van der Waals surface area contributed by atoms with Gasteiger partial charge >= 0.3 is 0 Å². The number of aromatic amines is 1. The van der Waals surface area contributed by atoms with Gasteiger partial charge in [-0.05, 0) is 31.5 Å². The van der Waals surface area contributed by atoms with Gasteiger partial charge in [-0.25, -0.2) is 0 Å². The quantitative estimate of drug-likeness (QED) is 0.872. The molecule has 1 aromatic heterocycles. The first-order chi connectivity index (χ1) is 9.52. The van der Waals surface area contributed by atoms with Gasteiger partial charge in [0.2, 0.25) is 0 Å². The van der Waals surface area contributed by atoms with Gasteiger partial charge < -0.3 is 9.88 Å². The summed E-state index contributed by atoms with van der Waals surface area (Å²) >= 11 is 6.00. The Kier molecular flexibility index (Phi) is 4.84. The van der Waals surface area contributed by atoms with Gasteiger partial charge in [0.15, 0.2) is 5.43 Å². The highest BCUT2D eigenvalue weighted by molar-refractivity contribution is 6.31. The van der Waals surface area contributed by atoms with Crippen LogP contribution in [-0.4, -0.2) is 18.6 Å². The maximum Gasteiger partial charge on any atom is 0.198 e. The van der Waals surface area contributed by atoms with Gasteiger partial charge in [-0.3, -0.25) is 4.79 Å². The van der Waals surface area contributed by atoms with E-state index in [0.29, 0.717) is 10.4 Å². The van der Waals surface area contributed by atoms with E-state index in [0.717, 1.165) is 29.9 Å². The van der Waals surface area contributed by atoms with Gasteiger partial charge in [0.05, 0.1) is 19.2 Å². The van der Waals surface area contributed by atoms with Crippen molar-refractivity contribution in [3.05, 3.63) is 44.7 Å². The molecule has 0 saturated heterocycles. The number of halogens is 1. The fraction of sp³-hybridized carbons (Fsp3) is 0.438. The first-order valence-corrected chi connectivity index (χ1v) is 7.53. The summed E-state index contributed by atoms with van der Waals surface area (Å²) in [5.41, 5.74) is 2.79. The van der Waals surface area contributed by atoms with Crippen molar-refractivity contribution in [2.24, 2.45) is 0 Å². The number of quaternary nitrogens is 1. The third-order valence-corrected chi connectivity index (χ3v) is 3.95. The predicted molar refractivity (Wildman–Crippen MR) is 84.7 cm³/mol. The molecule has 0 amide bonds. The summed E-state index contributed by atoms with van der Waals surface area (Å²) in [6.45, 7) is 5.99. The Morgan fingerprint density at radius 1 is 1.35 bits per heavy atom. The van der Waals surface area contributed by atoms with Crippen molar-refractivity contribution in [3.8, 4) is 0 Å². The SMILES string of the molecule is CCCC[NH+](C)Cc1c(C)[nH]c2ccc(Cl)cc2c1=O. The van der Waals surface area contributed by atoms with Crippen molar-refractivity contribution in [1.82, 2.24) is 4.98 Å². The molecule has 0 saturated carbocycles. The number of unbranched alkanes of at least 4 members (excludes halogenated alkanes) is 1. The topological polar surface area (TPSA) is 37.3 Å². The smallest absolute Gasteiger partial charge is 0.198 e. The molecule has 108 valence electrons. The average molecular weight is 294 g/mol. The third kappa shape index (κ3) is 3.22. The Balaban J connectivity index is 2.40. The summed E-state index contributed by atoms with van der Waals surface area (Å²) in [7, 11) is 2.14. The molecular formula is C16H22ClN2O+. The highest BCUT2D eigenvalue weighted by Crippen LogP contribution is 2.16. The van der Waals surface area contributed by atoms with E-state index in [9.17, 15) is 4.79 Å². The van der Waals surface area contributed by atoms with Crippen molar-refractivity contribution in [3.63, 3.8) is 0 Å². The molecule has 0 bridgehead atoms. The van der Waals surface area contributed by atoms with E-state index in [1.165, 1.54) is 17.7 Å². The number of nitrogens with one attached hydrogen (secondary N) is 2. The minimum Gasteiger partial charge on any atom is -0.358 e. The van der Waals surface area contributed by atoms with Crippen LogP contribution in [-0.2, 0) is 6.54 Å². The molecule has 1 unspecified atom stereocenters. The summed E-state index contributed by atoms with van der Waals surface area (Å²) in [5, 5.41) is 1.28. The van der Waals surface area contributed by atoms with Crippen LogP contribution in [0.2, 0.25) is 5.02 Å². The zero-order chi connectivity index (χ0) is 14.7. The summed E-state index contributed by atoms with van der Waals surface area (Å²) in [6, 6.07) is 5.42. The van der Waals surface area contributed by atoms with Crippen molar-refractivity contribution in [2.45, 2.75) is 33.2 Å². The molecule has 1 atom stereocenters. The number of hydrogen-bond acceptors (Lipinski definition) is 1. The number of rotatable bonds is 5. The molecule has 4 heteroatoms. The molecule has 0 aliphatic heterocycles. The van der Waals surface area contributed by atoms with E-state index >= 15 is 0 Å². The molecule has 2 N–H and O–H groups in total. The number of aryl methyl sites for hydroxylation is 1. The van der Waals surface area contributed by atoms with Crippen LogP contribution in [0.5, 0.6) is 0 Å². The van der Waals surface area contributed by atoms with Crippen LogP contribution < -0.4 is 10.3 Å². The van der Waals surface area contributed by atoms with Crippen LogP contribution >= 0.6 is 11.6 Å². The monoisotopic (exact) mass is 293 g/mol. The molecule has 0 spiro atoms. The second-order valence-corrected chi connectivity index (χ2v) is 5.92. The minimum atomic E-state index is 0.106. The molecule has 0 fully saturated rings. The number of aromatic nitrogens is 1. The van der Waals surface area contributed by atoms with Crippen LogP contribution in [0, 0.1) is 6.92 Å². The normalized spacial score (nSPS) is 12.8. The van der Waals surface area contributed by atoms with E-state index in [1.54, 1.807) is 12.1 Å². The third-order valence-electron chi connectivity index (χ3n) is 3.71. The van der Waals surface area contributed by atoms with Gasteiger partial charge in [-0.15, -0.1) is 0 Å². The van der Waals surface area contributed by atoms with Crippen molar-refractivity contribution < 1.29 is 4.90 Å². The Morgan fingerprint density at radius 2 is 2.10 bits per heavy atom. The molecule has 2 aromatic rings. The molecule has 0 aliphatic carbocycles. The molecule has 2 rings (SSSR count). The van der Waals surface area contributed by atoms with E-state index in [1.807, 2.05) is 13.0 Å². The summed E-state index contributed by atoms with van der Waals surface area (Å²) in [6.07, 6.45) is 2.36. The highest BCUT2D eigenvalue weighted by Gasteiger charge is 2.13. The minimum absolute atomic E-state index is 0.106. The summed E-state index contributed by atoms with van der Waals surface area (Å²) < 4.78 is 0. The maximum atomic E-state index is 12.6. The summed E-state index contributed by atoms with van der Waals surface area (Å²) in [4.78, 5) is 17.3. The fourth-order valence-corrected chi connectivity index (χ4v) is 2.68. The second kappa shape index (κ2) is 6.42. The number of benzene rings is 1. The number of hydrogen-bond donors (Lipinski definition) is 2. The molecule has 1 heterocycles. The largest absolute Gasteiger partial charge is 0.358 e. The summed E-state index contributed by atoms with van der Waals surface area (Å²) in [5.74, 6) is 0. The second-order valence-electron chi connectivity index (χ2n) is 5.49. The maximum absolute atomic E-state index is 12.6.